The van der Waals surface area contributed by atoms with Crippen molar-refractivity contribution in [2.45, 2.75) is 26.8 Å². The lowest BCUT2D eigenvalue weighted by molar-refractivity contribution is -0.121. The molecule has 4 nitrogen and oxygen atoms in total. The Morgan fingerprint density at radius 1 is 1.33 bits per heavy atom. The quantitative estimate of drug-likeness (QED) is 0.721. The third-order valence-electron chi connectivity index (χ3n) is 2.94. The van der Waals surface area contributed by atoms with Crippen molar-refractivity contribution < 1.29 is 4.79 Å². The van der Waals surface area contributed by atoms with Gasteiger partial charge in [-0.3, -0.25) is 9.69 Å². The fraction of sp³-hybridized carbons (Fsp3) is 0.500. The first-order valence-electron chi connectivity index (χ1n) is 6.39. The van der Waals surface area contributed by atoms with Crippen molar-refractivity contribution >= 4 is 11.6 Å². The van der Waals surface area contributed by atoms with Crippen LogP contribution < -0.4 is 11.5 Å². The molecule has 1 amide bonds. The molecule has 0 spiro atoms. The van der Waals surface area contributed by atoms with Gasteiger partial charge in [-0.2, -0.15) is 0 Å². The van der Waals surface area contributed by atoms with Crippen LogP contribution in [-0.4, -0.2) is 23.9 Å². The zero-order chi connectivity index (χ0) is 13.5. The fourth-order valence-corrected chi connectivity index (χ4v) is 1.91. The monoisotopic (exact) mass is 249 g/mol. The minimum atomic E-state index is -0.242. The molecule has 0 saturated heterocycles. The number of nitrogens with zero attached hydrogens (tertiary/aromatic N) is 1. The lowest BCUT2D eigenvalue weighted by Gasteiger charge is -2.24. The number of nitrogens with two attached hydrogens (primary N) is 2. The highest BCUT2D eigenvalue weighted by Gasteiger charge is 2.14. The minimum Gasteiger partial charge on any atom is -0.399 e. The van der Waals surface area contributed by atoms with E-state index in [0.717, 1.165) is 25.2 Å². The molecule has 1 rings (SSSR count). The number of primary amides is 1. The first-order valence-corrected chi connectivity index (χ1v) is 6.39. The predicted molar refractivity (Wildman–Crippen MR) is 74.8 cm³/mol. The Balaban J connectivity index is 2.62. The Hall–Kier alpha value is -1.55. The molecule has 0 aliphatic rings. The second-order valence-corrected chi connectivity index (χ2v) is 4.78. The molecule has 0 fully saturated rings. The smallest absolute Gasteiger partial charge is 0.221 e. The van der Waals surface area contributed by atoms with Gasteiger partial charge < -0.3 is 11.5 Å². The molecule has 1 aromatic rings. The second-order valence-electron chi connectivity index (χ2n) is 4.78. The number of rotatable bonds is 7. The van der Waals surface area contributed by atoms with Gasteiger partial charge in [0.25, 0.3) is 0 Å². The summed E-state index contributed by atoms with van der Waals surface area (Å²) in [4.78, 5) is 13.4. The number of amides is 1. The number of carbonyl (C=O) groups is 1. The van der Waals surface area contributed by atoms with E-state index in [1.54, 1.807) is 0 Å². The van der Waals surface area contributed by atoms with Crippen LogP contribution in [0, 0.1) is 5.92 Å². The van der Waals surface area contributed by atoms with Gasteiger partial charge in [0.1, 0.15) is 0 Å². The summed E-state index contributed by atoms with van der Waals surface area (Å²) in [5.74, 6) is -0.362. The number of benzene rings is 1. The third-order valence-corrected chi connectivity index (χ3v) is 2.94. The highest BCUT2D eigenvalue weighted by atomic mass is 16.1. The number of hydrogen-bond acceptors (Lipinski definition) is 3. The standard InChI is InChI=1S/C14H23N3O/c1-3-8-17(9-11(2)14(16)18)10-12-4-6-13(15)7-5-12/h4-7,11H,3,8-10,15H2,1-2H3,(H2,16,18). The maximum Gasteiger partial charge on any atom is 0.221 e. The van der Waals surface area contributed by atoms with Crippen LogP contribution in [0.3, 0.4) is 0 Å². The summed E-state index contributed by atoms with van der Waals surface area (Å²) in [6.45, 7) is 6.49. The van der Waals surface area contributed by atoms with Crippen LogP contribution in [-0.2, 0) is 11.3 Å². The summed E-state index contributed by atoms with van der Waals surface area (Å²) in [6.07, 6.45) is 1.06. The van der Waals surface area contributed by atoms with Gasteiger partial charge in [0.2, 0.25) is 5.91 Å². The SMILES string of the molecule is CCCN(Cc1ccc(N)cc1)CC(C)C(N)=O. The zero-order valence-electron chi connectivity index (χ0n) is 11.2. The number of carbonyl (C=O) groups excluding carboxylic acids is 1. The number of hydrogen-bond donors (Lipinski definition) is 2. The van der Waals surface area contributed by atoms with Gasteiger partial charge >= 0.3 is 0 Å². The first-order chi connectivity index (χ1) is 8.52. The van der Waals surface area contributed by atoms with Crippen molar-refractivity contribution in [3.63, 3.8) is 0 Å². The molecule has 1 unspecified atom stereocenters. The molecule has 1 aromatic carbocycles. The van der Waals surface area contributed by atoms with E-state index in [0.29, 0.717) is 6.54 Å². The van der Waals surface area contributed by atoms with Gasteiger partial charge in [-0.1, -0.05) is 26.0 Å². The maximum absolute atomic E-state index is 11.1. The average molecular weight is 249 g/mol. The van der Waals surface area contributed by atoms with Crippen LogP contribution in [0.4, 0.5) is 5.69 Å². The number of nitrogen functional groups attached to an aromatic ring is 1. The van der Waals surface area contributed by atoms with Crippen molar-refractivity contribution in [2.24, 2.45) is 11.7 Å². The summed E-state index contributed by atoms with van der Waals surface area (Å²) < 4.78 is 0. The molecule has 4 heteroatoms. The Bertz CT molecular complexity index is 375. The van der Waals surface area contributed by atoms with Crippen molar-refractivity contribution in [2.75, 3.05) is 18.8 Å². The van der Waals surface area contributed by atoms with E-state index in [1.807, 2.05) is 31.2 Å². The van der Waals surface area contributed by atoms with Crippen LogP contribution in [0.5, 0.6) is 0 Å². The highest BCUT2D eigenvalue weighted by molar-refractivity contribution is 5.76. The first kappa shape index (κ1) is 14.5. The molecule has 0 aromatic heterocycles. The van der Waals surface area contributed by atoms with E-state index in [2.05, 4.69) is 11.8 Å². The normalized spacial score (nSPS) is 12.6. The molecule has 0 radical (unpaired) electrons. The molecule has 0 bridgehead atoms. The van der Waals surface area contributed by atoms with E-state index in [9.17, 15) is 4.79 Å². The Morgan fingerprint density at radius 2 is 1.94 bits per heavy atom. The third kappa shape index (κ3) is 4.75. The summed E-state index contributed by atoms with van der Waals surface area (Å²) in [5.41, 5.74) is 12.9. The number of anilines is 1. The topological polar surface area (TPSA) is 72.3 Å². The molecule has 18 heavy (non-hydrogen) atoms. The van der Waals surface area contributed by atoms with Gasteiger partial charge in [0.05, 0.1) is 0 Å². The van der Waals surface area contributed by atoms with E-state index < -0.39 is 0 Å². The fourth-order valence-electron chi connectivity index (χ4n) is 1.91. The Morgan fingerprint density at radius 3 is 2.44 bits per heavy atom. The largest absolute Gasteiger partial charge is 0.399 e. The molecular weight excluding hydrogens is 226 g/mol. The van der Waals surface area contributed by atoms with E-state index in [-0.39, 0.29) is 11.8 Å². The van der Waals surface area contributed by atoms with Crippen LogP contribution in [0.2, 0.25) is 0 Å². The lowest BCUT2D eigenvalue weighted by Crippen LogP contribution is -2.35. The van der Waals surface area contributed by atoms with E-state index in [4.69, 9.17) is 11.5 Å². The Kier molecular flexibility index (Phi) is 5.65. The molecule has 4 N–H and O–H groups in total. The summed E-state index contributed by atoms with van der Waals surface area (Å²) in [7, 11) is 0. The van der Waals surface area contributed by atoms with Crippen LogP contribution in [0.25, 0.3) is 0 Å². The van der Waals surface area contributed by atoms with Crippen molar-refractivity contribution in [1.82, 2.24) is 4.90 Å². The molecule has 0 aliphatic carbocycles. The molecular formula is C14H23N3O. The van der Waals surface area contributed by atoms with Crippen molar-refractivity contribution in [3.8, 4) is 0 Å². The Labute approximate surface area is 109 Å². The average Bonchev–Trinajstić information content (AvgIpc) is 2.32. The summed E-state index contributed by atoms with van der Waals surface area (Å²) >= 11 is 0. The van der Waals surface area contributed by atoms with Gasteiger partial charge in [0, 0.05) is 24.7 Å². The highest BCUT2D eigenvalue weighted by Crippen LogP contribution is 2.10. The van der Waals surface area contributed by atoms with Gasteiger partial charge in [-0.05, 0) is 30.7 Å². The summed E-state index contributed by atoms with van der Waals surface area (Å²) in [6, 6.07) is 7.84. The summed E-state index contributed by atoms with van der Waals surface area (Å²) in [5, 5.41) is 0. The molecule has 100 valence electrons. The minimum absolute atomic E-state index is 0.120. The molecule has 0 heterocycles. The molecule has 1 atom stereocenters. The predicted octanol–water partition coefficient (Wildman–Crippen LogP) is 1.60. The maximum atomic E-state index is 11.1. The van der Waals surface area contributed by atoms with Gasteiger partial charge in [0.15, 0.2) is 0 Å². The van der Waals surface area contributed by atoms with E-state index >= 15 is 0 Å². The van der Waals surface area contributed by atoms with E-state index in [1.165, 1.54) is 5.56 Å². The van der Waals surface area contributed by atoms with Crippen LogP contribution >= 0.6 is 0 Å². The van der Waals surface area contributed by atoms with Gasteiger partial charge in [-0.15, -0.1) is 0 Å². The van der Waals surface area contributed by atoms with Crippen molar-refractivity contribution in [3.05, 3.63) is 29.8 Å². The molecule has 0 aliphatic heterocycles. The second kappa shape index (κ2) is 7.01. The lowest BCUT2D eigenvalue weighted by atomic mass is 10.1. The van der Waals surface area contributed by atoms with Gasteiger partial charge in [-0.25, -0.2) is 0 Å². The molecule has 0 saturated carbocycles. The van der Waals surface area contributed by atoms with Crippen LogP contribution in [0.1, 0.15) is 25.8 Å². The van der Waals surface area contributed by atoms with Crippen LogP contribution in [0.15, 0.2) is 24.3 Å². The zero-order valence-corrected chi connectivity index (χ0v) is 11.2. The van der Waals surface area contributed by atoms with Crippen molar-refractivity contribution in [1.29, 1.82) is 0 Å².